The molecular formula is C16H18N2O4S. The third kappa shape index (κ3) is 2.77. The Morgan fingerprint density at radius 1 is 1.26 bits per heavy atom. The summed E-state index contributed by atoms with van der Waals surface area (Å²) in [5.74, 6) is -0.455. The number of aromatic amines is 1. The van der Waals surface area contributed by atoms with Crippen LogP contribution in [0.3, 0.4) is 0 Å². The lowest BCUT2D eigenvalue weighted by Crippen LogP contribution is -2.26. The van der Waals surface area contributed by atoms with Gasteiger partial charge in [0.1, 0.15) is 5.69 Å². The quantitative estimate of drug-likeness (QED) is 0.869. The number of rotatable bonds is 4. The first-order valence-corrected chi connectivity index (χ1v) is 8.80. The molecule has 122 valence electrons. The standard InChI is InChI=1S/C16H18N2O4S/c1-3-22-16(19)15-14-10-18(9-12(14)8-17-15)23(20,21)13-6-4-11(2)5-7-13/h4-8,17H,3,9-10H2,1-2H3. The molecule has 0 saturated heterocycles. The second kappa shape index (κ2) is 5.82. The van der Waals surface area contributed by atoms with Gasteiger partial charge < -0.3 is 9.72 Å². The average molecular weight is 334 g/mol. The fraction of sp³-hybridized carbons (Fsp3) is 0.312. The van der Waals surface area contributed by atoms with Crippen molar-refractivity contribution in [2.75, 3.05) is 6.61 Å². The van der Waals surface area contributed by atoms with Gasteiger partial charge in [0.2, 0.25) is 10.0 Å². The Morgan fingerprint density at radius 3 is 2.61 bits per heavy atom. The first kappa shape index (κ1) is 15.8. The van der Waals surface area contributed by atoms with Crippen LogP contribution in [0.25, 0.3) is 0 Å². The van der Waals surface area contributed by atoms with Gasteiger partial charge in [0.25, 0.3) is 0 Å². The molecule has 1 aliphatic heterocycles. The Morgan fingerprint density at radius 2 is 1.96 bits per heavy atom. The number of ether oxygens (including phenoxy) is 1. The van der Waals surface area contributed by atoms with Crippen molar-refractivity contribution in [1.29, 1.82) is 0 Å². The molecule has 0 saturated carbocycles. The molecule has 6 nitrogen and oxygen atoms in total. The lowest BCUT2D eigenvalue weighted by atomic mass is 10.2. The SMILES string of the molecule is CCOC(=O)c1[nH]cc2c1CN(S(=O)(=O)c1ccc(C)cc1)C2. The van der Waals surface area contributed by atoms with Gasteiger partial charge in [0.05, 0.1) is 11.5 Å². The van der Waals surface area contributed by atoms with Crippen molar-refractivity contribution < 1.29 is 17.9 Å². The summed E-state index contributed by atoms with van der Waals surface area (Å²) in [6.45, 7) is 4.33. The first-order chi connectivity index (χ1) is 10.9. The smallest absolute Gasteiger partial charge is 0.355 e. The topological polar surface area (TPSA) is 79.5 Å². The molecule has 0 aliphatic carbocycles. The minimum atomic E-state index is -3.58. The Hall–Kier alpha value is -2.12. The third-order valence-corrected chi connectivity index (χ3v) is 5.71. The molecule has 2 aromatic rings. The van der Waals surface area contributed by atoms with Crippen LogP contribution in [0.15, 0.2) is 35.4 Å². The number of fused-ring (bicyclic) bond motifs is 1. The molecule has 0 amide bonds. The monoisotopic (exact) mass is 334 g/mol. The van der Waals surface area contributed by atoms with Gasteiger partial charge in [-0.15, -0.1) is 0 Å². The van der Waals surface area contributed by atoms with E-state index in [9.17, 15) is 13.2 Å². The minimum absolute atomic E-state index is 0.170. The lowest BCUT2D eigenvalue weighted by Gasteiger charge is -2.16. The van der Waals surface area contributed by atoms with E-state index in [1.54, 1.807) is 37.4 Å². The molecule has 1 aromatic heterocycles. The predicted octanol–water partition coefficient (Wildman–Crippen LogP) is 2.20. The van der Waals surface area contributed by atoms with Gasteiger partial charge in [-0.3, -0.25) is 0 Å². The number of sulfonamides is 1. The predicted molar refractivity (Wildman–Crippen MR) is 84.4 cm³/mol. The third-order valence-electron chi connectivity index (χ3n) is 3.90. The number of hydrogen-bond donors (Lipinski definition) is 1. The normalized spacial score (nSPS) is 14.7. The molecular weight excluding hydrogens is 316 g/mol. The summed E-state index contributed by atoms with van der Waals surface area (Å²) in [6, 6.07) is 6.75. The number of aryl methyl sites for hydroxylation is 1. The van der Waals surface area contributed by atoms with Crippen molar-refractivity contribution in [3.63, 3.8) is 0 Å². The van der Waals surface area contributed by atoms with Crippen LogP contribution in [0.4, 0.5) is 0 Å². The first-order valence-electron chi connectivity index (χ1n) is 7.36. The number of esters is 1. The van der Waals surface area contributed by atoms with E-state index < -0.39 is 16.0 Å². The summed E-state index contributed by atoms with van der Waals surface area (Å²) in [4.78, 5) is 15.1. The summed E-state index contributed by atoms with van der Waals surface area (Å²) in [5, 5.41) is 0. The van der Waals surface area contributed by atoms with E-state index in [1.165, 1.54) is 4.31 Å². The highest BCUT2D eigenvalue weighted by Gasteiger charge is 2.34. The number of carbonyl (C=O) groups excluding carboxylic acids is 1. The van der Waals surface area contributed by atoms with E-state index in [4.69, 9.17) is 4.74 Å². The highest BCUT2D eigenvalue weighted by Crippen LogP contribution is 2.31. The van der Waals surface area contributed by atoms with Crippen LogP contribution in [0.5, 0.6) is 0 Å². The van der Waals surface area contributed by atoms with Crippen LogP contribution in [-0.4, -0.2) is 30.3 Å². The van der Waals surface area contributed by atoms with E-state index in [0.717, 1.165) is 11.1 Å². The van der Waals surface area contributed by atoms with Gasteiger partial charge in [0.15, 0.2) is 0 Å². The van der Waals surface area contributed by atoms with Crippen molar-refractivity contribution in [1.82, 2.24) is 9.29 Å². The molecule has 0 radical (unpaired) electrons. The van der Waals surface area contributed by atoms with E-state index in [-0.39, 0.29) is 24.6 Å². The zero-order valence-corrected chi connectivity index (χ0v) is 13.8. The Balaban J connectivity index is 1.87. The number of benzene rings is 1. The van der Waals surface area contributed by atoms with E-state index in [2.05, 4.69) is 4.98 Å². The zero-order chi connectivity index (χ0) is 16.6. The minimum Gasteiger partial charge on any atom is -0.461 e. The van der Waals surface area contributed by atoms with E-state index in [0.29, 0.717) is 11.3 Å². The molecule has 0 fully saturated rings. The fourth-order valence-corrected chi connectivity index (χ4v) is 4.04. The van der Waals surface area contributed by atoms with Gasteiger partial charge in [-0.25, -0.2) is 13.2 Å². The van der Waals surface area contributed by atoms with Crippen molar-refractivity contribution in [2.24, 2.45) is 0 Å². The molecule has 0 atom stereocenters. The summed E-state index contributed by atoms with van der Waals surface area (Å²) in [7, 11) is -3.58. The molecule has 1 aromatic carbocycles. The van der Waals surface area contributed by atoms with Gasteiger partial charge in [-0.2, -0.15) is 4.31 Å². The number of hydrogen-bond acceptors (Lipinski definition) is 4. The molecule has 1 aliphatic rings. The zero-order valence-electron chi connectivity index (χ0n) is 13.0. The number of nitrogens with zero attached hydrogens (tertiary/aromatic N) is 1. The van der Waals surface area contributed by atoms with Gasteiger partial charge in [-0.05, 0) is 31.5 Å². The van der Waals surface area contributed by atoms with Crippen molar-refractivity contribution in [2.45, 2.75) is 31.8 Å². The van der Waals surface area contributed by atoms with Crippen LogP contribution >= 0.6 is 0 Å². The second-order valence-electron chi connectivity index (χ2n) is 5.47. The van der Waals surface area contributed by atoms with E-state index in [1.807, 2.05) is 6.92 Å². The van der Waals surface area contributed by atoms with E-state index >= 15 is 0 Å². The largest absolute Gasteiger partial charge is 0.461 e. The Bertz CT molecular complexity index is 837. The second-order valence-corrected chi connectivity index (χ2v) is 7.41. The summed E-state index contributed by atoms with van der Waals surface area (Å²) >= 11 is 0. The summed E-state index contributed by atoms with van der Waals surface area (Å²) < 4.78 is 31.8. The van der Waals surface area contributed by atoms with Crippen molar-refractivity contribution >= 4 is 16.0 Å². The highest BCUT2D eigenvalue weighted by atomic mass is 32.2. The van der Waals surface area contributed by atoms with Crippen LogP contribution in [-0.2, 0) is 27.8 Å². The molecule has 7 heteroatoms. The van der Waals surface area contributed by atoms with Gasteiger partial charge >= 0.3 is 5.97 Å². The van der Waals surface area contributed by atoms with Gasteiger partial charge in [-0.1, -0.05) is 17.7 Å². The van der Waals surface area contributed by atoms with Crippen LogP contribution in [0.2, 0.25) is 0 Å². The summed E-state index contributed by atoms with van der Waals surface area (Å²) in [6.07, 6.45) is 1.67. The molecule has 23 heavy (non-hydrogen) atoms. The van der Waals surface area contributed by atoms with Crippen LogP contribution in [0, 0.1) is 6.92 Å². The maximum absolute atomic E-state index is 12.7. The summed E-state index contributed by atoms with van der Waals surface area (Å²) in [5.41, 5.74) is 2.84. The highest BCUT2D eigenvalue weighted by molar-refractivity contribution is 7.89. The van der Waals surface area contributed by atoms with Crippen molar-refractivity contribution in [3.05, 3.63) is 52.8 Å². The molecule has 0 spiro atoms. The molecule has 0 unspecified atom stereocenters. The Labute approximate surface area is 135 Å². The molecule has 2 heterocycles. The number of carbonyl (C=O) groups is 1. The number of aromatic nitrogens is 1. The maximum atomic E-state index is 12.7. The molecule has 3 rings (SSSR count). The molecule has 0 bridgehead atoms. The van der Waals surface area contributed by atoms with Gasteiger partial charge in [0, 0.05) is 24.8 Å². The van der Waals surface area contributed by atoms with Crippen molar-refractivity contribution in [3.8, 4) is 0 Å². The average Bonchev–Trinajstić information content (AvgIpc) is 3.08. The molecule has 1 N–H and O–H groups in total. The fourth-order valence-electron chi connectivity index (χ4n) is 2.65. The van der Waals surface area contributed by atoms with Crippen LogP contribution < -0.4 is 0 Å². The number of nitrogens with one attached hydrogen (secondary N) is 1. The number of H-pyrrole nitrogens is 1. The Kier molecular flexibility index (Phi) is 3.99. The lowest BCUT2D eigenvalue weighted by molar-refractivity contribution is 0.0518. The maximum Gasteiger partial charge on any atom is 0.355 e. The van der Waals surface area contributed by atoms with Crippen LogP contribution in [0.1, 0.15) is 34.1 Å².